The molecule has 3 heterocycles. The minimum Gasteiger partial charge on any atom is -0.338 e. The van der Waals surface area contributed by atoms with E-state index >= 15 is 0 Å². The van der Waals surface area contributed by atoms with Crippen LogP contribution < -0.4 is 11.1 Å². The predicted molar refractivity (Wildman–Crippen MR) is 101 cm³/mol. The van der Waals surface area contributed by atoms with Crippen molar-refractivity contribution in [1.82, 2.24) is 9.88 Å². The van der Waals surface area contributed by atoms with E-state index < -0.39 is 0 Å². The number of thiophene rings is 1. The zero-order valence-corrected chi connectivity index (χ0v) is 15.7. The molecule has 2 aromatic rings. The van der Waals surface area contributed by atoms with E-state index in [1.54, 1.807) is 6.07 Å². The van der Waals surface area contributed by atoms with Crippen LogP contribution in [0.1, 0.15) is 41.6 Å². The Morgan fingerprint density at radius 3 is 3.00 bits per heavy atom. The molecule has 2 amide bonds. The number of carbonyl (C=O) groups excluding carboxylic acids is 2. The molecule has 3 N–H and O–H groups in total. The first-order valence-electron chi connectivity index (χ1n) is 8.39. The van der Waals surface area contributed by atoms with E-state index in [0.717, 1.165) is 25.8 Å². The Balaban J connectivity index is 1.60. The van der Waals surface area contributed by atoms with Crippen LogP contribution in [-0.2, 0) is 11.2 Å². The number of aromatic nitrogens is 1. The van der Waals surface area contributed by atoms with Crippen molar-refractivity contribution >= 4 is 39.6 Å². The molecule has 1 saturated heterocycles. The Labute approximate surface area is 155 Å². The minimum absolute atomic E-state index is 0.0275. The third kappa shape index (κ3) is 4.45. The molecule has 2 atom stereocenters. The zero-order valence-electron chi connectivity index (χ0n) is 14.1. The molecule has 134 valence electrons. The second-order valence-corrected chi connectivity index (χ2v) is 8.07. The van der Waals surface area contributed by atoms with Crippen LogP contribution in [0.4, 0.5) is 5.13 Å². The number of rotatable bonds is 5. The summed E-state index contributed by atoms with van der Waals surface area (Å²) in [6, 6.07) is 3.68. The Morgan fingerprint density at radius 2 is 2.28 bits per heavy atom. The summed E-state index contributed by atoms with van der Waals surface area (Å²) < 4.78 is 0. The Kier molecular flexibility index (Phi) is 5.82. The highest BCUT2D eigenvalue weighted by atomic mass is 32.1. The number of thiazole rings is 1. The molecule has 1 fully saturated rings. The maximum atomic E-state index is 12.6. The lowest BCUT2D eigenvalue weighted by molar-refractivity contribution is -0.134. The molecule has 3 rings (SSSR count). The van der Waals surface area contributed by atoms with Gasteiger partial charge in [-0.05, 0) is 37.6 Å². The van der Waals surface area contributed by atoms with E-state index in [-0.39, 0.29) is 30.3 Å². The summed E-state index contributed by atoms with van der Waals surface area (Å²) >= 11 is 2.72. The monoisotopic (exact) mass is 378 g/mol. The summed E-state index contributed by atoms with van der Waals surface area (Å²) in [6.45, 7) is 2.72. The van der Waals surface area contributed by atoms with Gasteiger partial charge in [-0.1, -0.05) is 6.07 Å². The summed E-state index contributed by atoms with van der Waals surface area (Å²) in [5.74, 6) is -0.112. The third-order valence-electron chi connectivity index (χ3n) is 4.33. The fourth-order valence-electron chi connectivity index (χ4n) is 3.08. The summed E-state index contributed by atoms with van der Waals surface area (Å²) in [4.78, 5) is 31.6. The molecule has 0 radical (unpaired) electrons. The second kappa shape index (κ2) is 8.07. The first kappa shape index (κ1) is 18.0. The van der Waals surface area contributed by atoms with Crippen LogP contribution in [-0.4, -0.2) is 40.3 Å². The highest BCUT2D eigenvalue weighted by Crippen LogP contribution is 2.22. The predicted octanol–water partition coefficient (Wildman–Crippen LogP) is 2.73. The van der Waals surface area contributed by atoms with E-state index in [0.29, 0.717) is 15.7 Å². The topological polar surface area (TPSA) is 88.3 Å². The van der Waals surface area contributed by atoms with E-state index in [2.05, 4.69) is 10.3 Å². The van der Waals surface area contributed by atoms with Gasteiger partial charge in [-0.2, -0.15) is 0 Å². The normalized spacial score (nSPS) is 18.8. The number of nitrogens with one attached hydrogen (secondary N) is 1. The molecule has 1 aliphatic rings. The van der Waals surface area contributed by atoms with Gasteiger partial charge in [0.05, 0.1) is 17.0 Å². The van der Waals surface area contributed by atoms with Crippen LogP contribution in [0.5, 0.6) is 0 Å². The summed E-state index contributed by atoms with van der Waals surface area (Å²) in [5.41, 5.74) is 6.73. The van der Waals surface area contributed by atoms with Crippen LogP contribution in [0.2, 0.25) is 0 Å². The van der Waals surface area contributed by atoms with Crippen molar-refractivity contribution < 1.29 is 9.59 Å². The van der Waals surface area contributed by atoms with E-state index in [9.17, 15) is 9.59 Å². The van der Waals surface area contributed by atoms with E-state index in [1.165, 1.54) is 22.7 Å². The molecule has 6 nitrogen and oxygen atoms in total. The van der Waals surface area contributed by atoms with Gasteiger partial charge in [-0.25, -0.2) is 4.98 Å². The smallest absolute Gasteiger partial charge is 0.267 e. The molecular weight excluding hydrogens is 356 g/mol. The molecule has 2 unspecified atom stereocenters. The van der Waals surface area contributed by atoms with Crippen molar-refractivity contribution in [3.05, 3.63) is 33.5 Å². The van der Waals surface area contributed by atoms with Crippen molar-refractivity contribution in [2.24, 2.45) is 5.73 Å². The standard InChI is InChI=1S/C17H22N4O2S2/c1-11(18)13-5-2-3-7-21(13)15(22)9-12-10-25-17(19-12)20-16(23)14-6-4-8-24-14/h4,6,8,10-11,13H,2-3,5,7,9,18H2,1H3,(H,19,20,23). The fourth-order valence-corrected chi connectivity index (χ4v) is 4.41. The molecule has 0 aromatic carbocycles. The lowest BCUT2D eigenvalue weighted by Gasteiger charge is -2.38. The molecule has 8 heteroatoms. The molecular formula is C17H22N4O2S2. The molecule has 0 aliphatic carbocycles. The highest BCUT2D eigenvalue weighted by molar-refractivity contribution is 7.14. The Hall–Kier alpha value is -1.77. The van der Waals surface area contributed by atoms with Crippen molar-refractivity contribution in [2.75, 3.05) is 11.9 Å². The third-order valence-corrected chi connectivity index (χ3v) is 6.00. The first-order chi connectivity index (χ1) is 12.0. The summed E-state index contributed by atoms with van der Waals surface area (Å²) in [5, 5.41) is 6.98. The summed E-state index contributed by atoms with van der Waals surface area (Å²) in [7, 11) is 0. The Morgan fingerprint density at radius 1 is 1.44 bits per heavy atom. The van der Waals surface area contributed by atoms with Crippen LogP contribution >= 0.6 is 22.7 Å². The molecule has 0 spiro atoms. The zero-order chi connectivity index (χ0) is 17.8. The van der Waals surface area contributed by atoms with Crippen molar-refractivity contribution in [3.8, 4) is 0 Å². The number of likely N-dealkylation sites (tertiary alicyclic amines) is 1. The number of nitrogens with zero attached hydrogens (tertiary/aromatic N) is 2. The van der Waals surface area contributed by atoms with E-state index in [4.69, 9.17) is 5.73 Å². The van der Waals surface area contributed by atoms with Crippen LogP contribution in [0.3, 0.4) is 0 Å². The maximum absolute atomic E-state index is 12.6. The number of amides is 2. The van der Waals surface area contributed by atoms with Crippen molar-refractivity contribution in [3.63, 3.8) is 0 Å². The van der Waals surface area contributed by atoms with Gasteiger partial charge in [0.25, 0.3) is 5.91 Å². The quantitative estimate of drug-likeness (QED) is 0.837. The number of nitrogens with two attached hydrogens (primary N) is 1. The number of hydrogen-bond acceptors (Lipinski definition) is 6. The van der Waals surface area contributed by atoms with Crippen LogP contribution in [0.15, 0.2) is 22.9 Å². The van der Waals surface area contributed by atoms with Crippen molar-refractivity contribution in [2.45, 2.75) is 44.7 Å². The van der Waals surface area contributed by atoms with Gasteiger partial charge >= 0.3 is 0 Å². The second-order valence-electron chi connectivity index (χ2n) is 6.26. The highest BCUT2D eigenvalue weighted by Gasteiger charge is 2.29. The van der Waals surface area contributed by atoms with Gasteiger partial charge in [-0.15, -0.1) is 22.7 Å². The number of carbonyl (C=O) groups is 2. The van der Waals surface area contributed by atoms with Gasteiger partial charge in [-0.3, -0.25) is 14.9 Å². The molecule has 0 bridgehead atoms. The number of piperidine rings is 1. The molecule has 1 aliphatic heterocycles. The number of hydrogen-bond donors (Lipinski definition) is 2. The molecule has 25 heavy (non-hydrogen) atoms. The van der Waals surface area contributed by atoms with Crippen LogP contribution in [0, 0.1) is 0 Å². The average molecular weight is 379 g/mol. The summed E-state index contributed by atoms with van der Waals surface area (Å²) in [6.07, 6.45) is 3.34. The van der Waals surface area contributed by atoms with Gasteiger partial charge in [0.2, 0.25) is 5.91 Å². The van der Waals surface area contributed by atoms with Crippen LogP contribution in [0.25, 0.3) is 0 Å². The van der Waals surface area contributed by atoms with Gasteiger partial charge < -0.3 is 10.6 Å². The Bertz CT molecular complexity index is 727. The number of anilines is 1. The lowest BCUT2D eigenvalue weighted by Crippen LogP contribution is -2.52. The molecule has 2 aromatic heterocycles. The largest absolute Gasteiger partial charge is 0.338 e. The fraction of sp³-hybridized carbons (Fsp3) is 0.471. The van der Waals surface area contributed by atoms with Gasteiger partial charge in [0.15, 0.2) is 5.13 Å². The maximum Gasteiger partial charge on any atom is 0.267 e. The SMILES string of the molecule is CC(N)C1CCCCN1C(=O)Cc1csc(NC(=O)c2cccs2)n1. The van der Waals surface area contributed by atoms with Crippen molar-refractivity contribution in [1.29, 1.82) is 0 Å². The van der Waals surface area contributed by atoms with E-state index in [1.807, 2.05) is 28.7 Å². The average Bonchev–Trinajstić information content (AvgIpc) is 3.27. The van der Waals surface area contributed by atoms with Gasteiger partial charge in [0.1, 0.15) is 0 Å². The molecule has 0 saturated carbocycles. The lowest BCUT2D eigenvalue weighted by atomic mass is 9.96. The van der Waals surface area contributed by atoms with Gasteiger partial charge in [0, 0.05) is 24.0 Å². The minimum atomic E-state index is -0.171. The first-order valence-corrected chi connectivity index (χ1v) is 10.1.